The molecule has 3 N–H and O–H groups in total. The first-order valence-electron chi connectivity index (χ1n) is 6.20. The number of aliphatic hydroxyl groups excluding tert-OH is 2. The Kier molecular flexibility index (Phi) is 13.0. The van der Waals surface area contributed by atoms with Gasteiger partial charge >= 0.3 is 5.97 Å². The molecule has 3 unspecified atom stereocenters. The van der Waals surface area contributed by atoms with E-state index in [9.17, 15) is 4.79 Å². The monoisotopic (exact) mass is 330 g/mol. The van der Waals surface area contributed by atoms with Gasteiger partial charge in [0, 0.05) is 0 Å². The van der Waals surface area contributed by atoms with Crippen LogP contribution in [0.4, 0.5) is 0 Å². The molecule has 0 saturated heterocycles. The Morgan fingerprint density at radius 2 is 1.55 bits per heavy atom. The average molecular weight is 330 g/mol. The largest absolute Gasteiger partial charge is 0.480 e. The highest BCUT2D eigenvalue weighted by atomic mass is 32.2. The molecule has 0 amide bonds. The van der Waals surface area contributed by atoms with E-state index in [-0.39, 0.29) is 18.8 Å². The van der Waals surface area contributed by atoms with E-state index in [1.54, 1.807) is 13.8 Å². The van der Waals surface area contributed by atoms with Crippen molar-refractivity contribution >= 4 is 31.2 Å². The Balaban J connectivity index is 0. The van der Waals surface area contributed by atoms with Gasteiger partial charge in [-0.2, -0.15) is 25.3 Å². The van der Waals surface area contributed by atoms with Gasteiger partial charge in [0.05, 0.1) is 38.1 Å². The molecule has 8 heteroatoms. The summed E-state index contributed by atoms with van der Waals surface area (Å²) in [5.41, 5.74) is 0. The summed E-state index contributed by atoms with van der Waals surface area (Å²) >= 11 is 7.23. The fourth-order valence-electron chi connectivity index (χ4n) is 0.704. The molecule has 0 aliphatic heterocycles. The summed E-state index contributed by atoms with van der Waals surface area (Å²) in [4.78, 5) is 9.87. The van der Waals surface area contributed by atoms with Crippen LogP contribution in [0.3, 0.4) is 0 Å². The molecule has 0 heterocycles. The van der Waals surface area contributed by atoms with E-state index >= 15 is 0 Å². The lowest BCUT2D eigenvalue weighted by atomic mass is 10.4. The van der Waals surface area contributed by atoms with Crippen molar-refractivity contribution in [2.75, 3.05) is 19.8 Å². The molecule has 0 radical (unpaired) electrons. The predicted octanol–water partition coefficient (Wildman–Crippen LogP) is 0.817. The molecular weight excluding hydrogens is 304 g/mol. The first kappa shape index (κ1) is 22.3. The maximum absolute atomic E-state index is 9.87. The molecule has 0 spiro atoms. The summed E-state index contributed by atoms with van der Waals surface area (Å²) in [5, 5.41) is 25.7. The summed E-state index contributed by atoms with van der Waals surface area (Å²) in [6, 6.07) is 0. The van der Waals surface area contributed by atoms with Crippen molar-refractivity contribution in [2.45, 2.75) is 50.1 Å². The van der Waals surface area contributed by atoms with Crippen LogP contribution in [0.1, 0.15) is 27.7 Å². The predicted molar refractivity (Wildman–Crippen MR) is 83.6 cm³/mol. The highest BCUT2D eigenvalue weighted by molar-refractivity contribution is 8.01. The smallest absolute Gasteiger partial charge is 0.329 e. The Hall–Kier alpha value is 0.01000. The van der Waals surface area contributed by atoms with Crippen LogP contribution in [0, 0.1) is 0 Å². The van der Waals surface area contributed by atoms with Crippen LogP contribution < -0.4 is 0 Å². The number of aliphatic hydroxyl groups is 2. The van der Waals surface area contributed by atoms with Gasteiger partial charge in [0.25, 0.3) is 0 Å². The van der Waals surface area contributed by atoms with Crippen LogP contribution >= 0.6 is 25.3 Å². The summed E-state index contributed by atoms with van der Waals surface area (Å²) in [5.74, 6) is -1.03. The minimum atomic E-state index is -1.19. The number of rotatable bonds is 8. The highest BCUT2D eigenvalue weighted by Crippen LogP contribution is 2.16. The van der Waals surface area contributed by atoms with Crippen molar-refractivity contribution in [2.24, 2.45) is 0 Å². The number of hydrogen-bond donors (Lipinski definition) is 5. The van der Waals surface area contributed by atoms with Gasteiger partial charge in [0.15, 0.2) is 0 Å². The molecule has 6 nitrogen and oxygen atoms in total. The Bertz CT molecular complexity index is 255. The molecule has 0 aliphatic rings. The van der Waals surface area contributed by atoms with Gasteiger partial charge in [-0.15, -0.1) is 0 Å². The molecule has 3 atom stereocenters. The third kappa shape index (κ3) is 16.1. The second-order valence-electron chi connectivity index (χ2n) is 4.65. The van der Waals surface area contributed by atoms with Gasteiger partial charge in [-0.05, 0) is 27.7 Å². The molecule has 0 aromatic heterocycles. The van der Waals surface area contributed by atoms with Crippen molar-refractivity contribution in [1.29, 1.82) is 0 Å². The molecule has 20 heavy (non-hydrogen) atoms. The number of carboxylic acids is 1. The Morgan fingerprint density at radius 3 is 1.85 bits per heavy atom. The third-order valence-corrected chi connectivity index (χ3v) is 2.28. The van der Waals surface area contributed by atoms with E-state index < -0.39 is 16.2 Å². The van der Waals surface area contributed by atoms with Crippen LogP contribution in [0.5, 0.6) is 0 Å². The van der Waals surface area contributed by atoms with Gasteiger partial charge in [-0.3, -0.25) is 0 Å². The maximum atomic E-state index is 9.87. The Morgan fingerprint density at radius 1 is 1.15 bits per heavy atom. The quantitative estimate of drug-likeness (QED) is 0.334. The summed E-state index contributed by atoms with van der Waals surface area (Å²) in [6.07, 6.45) is -0.654. The molecule has 0 bridgehead atoms. The van der Waals surface area contributed by atoms with E-state index in [0.717, 1.165) is 0 Å². The molecule has 122 valence electrons. The number of thiol groups is 2. The third-order valence-electron chi connectivity index (χ3n) is 1.90. The number of hydrogen-bond acceptors (Lipinski definition) is 7. The van der Waals surface area contributed by atoms with E-state index in [2.05, 4.69) is 25.3 Å². The van der Waals surface area contributed by atoms with Gasteiger partial charge in [-0.1, -0.05) is 0 Å². The van der Waals surface area contributed by atoms with Gasteiger partial charge < -0.3 is 24.8 Å². The van der Waals surface area contributed by atoms with Crippen molar-refractivity contribution < 1.29 is 29.6 Å². The van der Waals surface area contributed by atoms with Crippen LogP contribution in [-0.4, -0.2) is 63.5 Å². The average Bonchev–Trinajstić information content (AvgIpc) is 2.32. The number of aliphatic carboxylic acids is 1. The van der Waals surface area contributed by atoms with Crippen molar-refractivity contribution in [3.05, 3.63) is 0 Å². The van der Waals surface area contributed by atoms with Crippen molar-refractivity contribution in [3.8, 4) is 0 Å². The van der Waals surface area contributed by atoms with Crippen LogP contribution in [0.15, 0.2) is 0 Å². The van der Waals surface area contributed by atoms with Crippen LogP contribution in [0.2, 0.25) is 0 Å². The van der Waals surface area contributed by atoms with E-state index in [4.69, 9.17) is 24.8 Å². The van der Waals surface area contributed by atoms with Gasteiger partial charge in [0.2, 0.25) is 0 Å². The minimum Gasteiger partial charge on any atom is -0.480 e. The number of carbonyl (C=O) groups is 1. The van der Waals surface area contributed by atoms with Crippen molar-refractivity contribution in [1.82, 2.24) is 0 Å². The summed E-state index contributed by atoms with van der Waals surface area (Å²) in [7, 11) is 0. The second kappa shape index (κ2) is 11.6. The van der Waals surface area contributed by atoms with E-state index in [1.165, 1.54) is 6.92 Å². The lowest BCUT2D eigenvalue weighted by Crippen LogP contribution is -2.24. The Labute approximate surface area is 131 Å². The molecule has 0 fully saturated rings. The molecule has 0 saturated carbocycles. The summed E-state index contributed by atoms with van der Waals surface area (Å²) in [6.45, 7) is 7.49. The molecule has 0 rings (SSSR count). The molecular formula is C12H26O6S2. The van der Waals surface area contributed by atoms with E-state index in [1.807, 2.05) is 6.92 Å². The molecule has 0 aromatic carbocycles. The zero-order chi connectivity index (χ0) is 16.3. The first-order chi connectivity index (χ1) is 9.00. The zero-order valence-corrected chi connectivity index (χ0v) is 14.1. The normalized spacial score (nSPS) is 15.8. The lowest BCUT2D eigenvalue weighted by molar-refractivity contribution is -0.136. The van der Waals surface area contributed by atoms with Gasteiger partial charge in [0.1, 0.15) is 4.08 Å². The topological polar surface area (TPSA) is 96.2 Å². The molecule has 0 aliphatic carbocycles. The maximum Gasteiger partial charge on any atom is 0.329 e. The SMILES string of the molecule is CC(O)COC(C)COC(C)CO.CC(S)(S)C(=O)O. The highest BCUT2D eigenvalue weighted by Gasteiger charge is 2.21. The van der Waals surface area contributed by atoms with Crippen molar-refractivity contribution in [3.63, 3.8) is 0 Å². The van der Waals surface area contributed by atoms with Gasteiger partial charge in [-0.25, -0.2) is 4.79 Å². The second-order valence-corrected chi connectivity index (χ2v) is 6.79. The number of ether oxygens (including phenoxy) is 2. The van der Waals surface area contributed by atoms with Crippen LogP contribution in [0.25, 0.3) is 0 Å². The van der Waals surface area contributed by atoms with Crippen LogP contribution in [-0.2, 0) is 14.3 Å². The minimum absolute atomic E-state index is 0.0170. The fraction of sp³-hybridized carbons (Fsp3) is 0.917. The lowest BCUT2D eigenvalue weighted by Gasteiger charge is -2.16. The van der Waals surface area contributed by atoms with E-state index in [0.29, 0.717) is 13.2 Å². The zero-order valence-electron chi connectivity index (χ0n) is 12.3. The summed E-state index contributed by atoms with van der Waals surface area (Å²) < 4.78 is 9.28. The standard InChI is InChI=1S/C9H20O4.C3H6O2S2/c1-7(11)5-12-9(3)6-13-8(2)4-10;1-3(6,7)2(4)5/h7-11H,4-6H2,1-3H3;6-7H,1H3,(H,4,5). The number of carboxylic acid groups (broad SMARTS) is 1. The fourth-order valence-corrected chi connectivity index (χ4v) is 0.704. The first-order valence-corrected chi connectivity index (χ1v) is 7.10. The molecule has 0 aromatic rings.